The second-order valence-corrected chi connectivity index (χ2v) is 8.96. The summed E-state index contributed by atoms with van der Waals surface area (Å²) in [5, 5.41) is 25.7. The van der Waals surface area contributed by atoms with Gasteiger partial charge in [-0.2, -0.15) is 13.2 Å². The molecule has 0 saturated carbocycles. The molecule has 0 saturated heterocycles. The van der Waals surface area contributed by atoms with E-state index in [1.807, 2.05) is 0 Å². The number of hydrazone groups is 1. The Morgan fingerprint density at radius 1 is 1.15 bits per heavy atom. The predicted octanol–water partition coefficient (Wildman–Crippen LogP) is 4.53. The number of rotatable bonds is 9. The Bertz CT molecular complexity index is 1170. The van der Waals surface area contributed by atoms with E-state index in [2.05, 4.69) is 22.6 Å². The molecule has 2 aliphatic heterocycles. The van der Waals surface area contributed by atoms with Crippen LogP contribution in [-0.4, -0.2) is 64.0 Å². The zero-order valence-electron chi connectivity index (χ0n) is 20.6. The molecule has 1 aromatic carbocycles. The largest absolute Gasteiger partial charge is 0.490 e. The summed E-state index contributed by atoms with van der Waals surface area (Å²) in [6.45, 7) is 1.53. The van der Waals surface area contributed by atoms with E-state index in [4.69, 9.17) is 19.6 Å². The summed E-state index contributed by atoms with van der Waals surface area (Å²) in [5.74, 6) is -4.91. The molecule has 3 heterocycles. The molecule has 3 N–H and O–H groups in total. The predicted molar refractivity (Wildman–Crippen MR) is 129 cm³/mol. The number of benzene rings is 1. The second-order valence-electron chi connectivity index (χ2n) is 8.96. The van der Waals surface area contributed by atoms with Gasteiger partial charge in [0.15, 0.2) is 12.6 Å². The third kappa shape index (κ3) is 9.07. The van der Waals surface area contributed by atoms with E-state index in [0.717, 1.165) is 49.8 Å². The van der Waals surface area contributed by atoms with E-state index in [1.165, 1.54) is 24.1 Å². The number of anilines is 1. The lowest BCUT2D eigenvalue weighted by Gasteiger charge is -2.26. The van der Waals surface area contributed by atoms with Crippen molar-refractivity contribution < 1.29 is 46.5 Å². The van der Waals surface area contributed by atoms with E-state index in [1.54, 1.807) is 5.01 Å². The molecule has 14 heteroatoms. The quantitative estimate of drug-likeness (QED) is 0.384. The first-order chi connectivity index (χ1) is 18.4. The topological polar surface area (TPSA) is 124 Å². The van der Waals surface area contributed by atoms with Crippen molar-refractivity contribution in [1.82, 2.24) is 9.99 Å². The molecule has 0 fully saturated rings. The average Bonchev–Trinajstić information content (AvgIpc) is 3.29. The molecule has 2 atom stereocenters. The van der Waals surface area contributed by atoms with Crippen molar-refractivity contribution in [3.05, 3.63) is 58.8 Å². The highest BCUT2D eigenvalue weighted by Crippen LogP contribution is 2.30. The summed E-state index contributed by atoms with van der Waals surface area (Å²) in [5.41, 5.74) is 2.54. The van der Waals surface area contributed by atoms with Crippen LogP contribution in [-0.2, 0) is 27.2 Å². The summed E-state index contributed by atoms with van der Waals surface area (Å²) in [7, 11) is 0. The molecule has 2 aromatic rings. The Morgan fingerprint density at radius 3 is 2.49 bits per heavy atom. The highest BCUT2D eigenvalue weighted by atomic mass is 19.4. The summed E-state index contributed by atoms with van der Waals surface area (Å²) in [6.07, 6.45) is -0.557. The van der Waals surface area contributed by atoms with E-state index in [-0.39, 0.29) is 12.8 Å². The van der Waals surface area contributed by atoms with Crippen molar-refractivity contribution in [2.45, 2.75) is 56.8 Å². The summed E-state index contributed by atoms with van der Waals surface area (Å²) in [6, 6.07) is 7.29. The highest BCUT2D eigenvalue weighted by molar-refractivity contribution is 5.73. The molecule has 4 rings (SSSR count). The number of hydrogen-bond acceptors (Lipinski definition) is 7. The standard InChI is InChI=1S/C23H26F2N4O3.C2HF3O2/c24-18-9-16(10-19(25)13-18)17(12-22(30)31)11-21-29(27-14-32-21)8-2-4-20-6-5-15-3-1-7-26-23(15)28-20;3-2(4,5)1(6)7/h5-6,9-10,13-14,17,21H,1-4,7-8,11-12H2,(H,26,28)(H,30,31);(H,6,7). The Balaban J connectivity index is 0.000000532. The molecule has 212 valence electrons. The maximum atomic E-state index is 13.7. The number of aliphatic carboxylic acids is 2. The number of fused-ring (bicyclic) bond motifs is 1. The third-order valence-corrected chi connectivity index (χ3v) is 6.02. The van der Waals surface area contributed by atoms with Gasteiger partial charge in [-0.15, -0.1) is 5.10 Å². The van der Waals surface area contributed by atoms with Crippen molar-refractivity contribution >= 4 is 24.2 Å². The van der Waals surface area contributed by atoms with Crippen LogP contribution in [0.4, 0.5) is 27.8 Å². The summed E-state index contributed by atoms with van der Waals surface area (Å²) >= 11 is 0. The van der Waals surface area contributed by atoms with Gasteiger partial charge in [0.05, 0.1) is 6.42 Å². The number of hydrogen-bond donors (Lipinski definition) is 3. The van der Waals surface area contributed by atoms with Crippen LogP contribution in [0.15, 0.2) is 35.4 Å². The first-order valence-corrected chi connectivity index (χ1v) is 12.1. The van der Waals surface area contributed by atoms with Crippen LogP contribution in [0.5, 0.6) is 0 Å². The number of halogens is 5. The van der Waals surface area contributed by atoms with E-state index < -0.39 is 41.9 Å². The average molecular weight is 559 g/mol. The van der Waals surface area contributed by atoms with Crippen LogP contribution in [0.2, 0.25) is 0 Å². The van der Waals surface area contributed by atoms with Crippen LogP contribution < -0.4 is 5.32 Å². The molecule has 1 aromatic heterocycles. The van der Waals surface area contributed by atoms with Crippen LogP contribution in [0, 0.1) is 11.6 Å². The lowest BCUT2D eigenvalue weighted by Crippen LogP contribution is -2.31. The minimum absolute atomic E-state index is 0.246. The Hall–Kier alpha value is -3.97. The molecular weight excluding hydrogens is 531 g/mol. The fraction of sp³-hybridized carbons (Fsp3) is 0.440. The summed E-state index contributed by atoms with van der Waals surface area (Å²) in [4.78, 5) is 24.9. The molecule has 0 bridgehead atoms. The zero-order valence-corrected chi connectivity index (χ0v) is 20.6. The van der Waals surface area contributed by atoms with Crippen LogP contribution >= 0.6 is 0 Å². The van der Waals surface area contributed by atoms with Crippen molar-refractivity contribution in [1.29, 1.82) is 0 Å². The molecular formula is C25H27F5N4O5. The van der Waals surface area contributed by atoms with Crippen molar-refractivity contribution in [2.75, 3.05) is 18.4 Å². The lowest BCUT2D eigenvalue weighted by atomic mass is 9.91. The number of aromatic nitrogens is 1. The monoisotopic (exact) mass is 558 g/mol. The summed E-state index contributed by atoms with van der Waals surface area (Å²) < 4.78 is 64.7. The Kier molecular flexibility index (Phi) is 10.0. The van der Waals surface area contributed by atoms with E-state index in [0.29, 0.717) is 12.1 Å². The second kappa shape index (κ2) is 13.2. The molecule has 39 heavy (non-hydrogen) atoms. The number of ether oxygens (including phenoxy) is 1. The van der Waals surface area contributed by atoms with Gasteiger partial charge in [-0.25, -0.2) is 18.6 Å². The lowest BCUT2D eigenvalue weighted by molar-refractivity contribution is -0.192. The molecule has 9 nitrogen and oxygen atoms in total. The molecule has 0 radical (unpaired) electrons. The Morgan fingerprint density at radius 2 is 1.85 bits per heavy atom. The number of carboxylic acids is 2. The van der Waals surface area contributed by atoms with Gasteiger partial charge in [0.25, 0.3) is 0 Å². The van der Waals surface area contributed by atoms with E-state index in [9.17, 15) is 31.9 Å². The number of nitrogens with zero attached hydrogens (tertiary/aromatic N) is 3. The van der Waals surface area contributed by atoms with Gasteiger partial charge < -0.3 is 20.3 Å². The normalized spacial score (nSPS) is 16.8. The minimum Gasteiger partial charge on any atom is -0.481 e. The third-order valence-electron chi connectivity index (χ3n) is 6.02. The van der Waals surface area contributed by atoms with Gasteiger partial charge in [-0.1, -0.05) is 6.07 Å². The van der Waals surface area contributed by atoms with Crippen LogP contribution in [0.25, 0.3) is 0 Å². The van der Waals surface area contributed by atoms with Crippen LogP contribution in [0.1, 0.15) is 48.4 Å². The van der Waals surface area contributed by atoms with Gasteiger partial charge in [0.2, 0.25) is 0 Å². The number of alkyl halides is 3. The molecule has 2 aliphatic rings. The smallest absolute Gasteiger partial charge is 0.481 e. The maximum Gasteiger partial charge on any atom is 0.490 e. The molecule has 0 spiro atoms. The fourth-order valence-corrected chi connectivity index (χ4v) is 4.21. The number of carbonyl (C=O) groups is 2. The molecule has 0 aliphatic carbocycles. The van der Waals surface area contributed by atoms with Gasteiger partial charge >= 0.3 is 18.1 Å². The first kappa shape index (κ1) is 29.6. The van der Waals surface area contributed by atoms with Crippen molar-refractivity contribution in [3.8, 4) is 0 Å². The first-order valence-electron chi connectivity index (χ1n) is 12.1. The van der Waals surface area contributed by atoms with Gasteiger partial charge in [0, 0.05) is 31.3 Å². The van der Waals surface area contributed by atoms with Gasteiger partial charge in [-0.05, 0) is 60.9 Å². The van der Waals surface area contributed by atoms with Crippen molar-refractivity contribution in [3.63, 3.8) is 0 Å². The van der Waals surface area contributed by atoms with E-state index >= 15 is 0 Å². The van der Waals surface area contributed by atoms with Crippen molar-refractivity contribution in [2.24, 2.45) is 5.10 Å². The Labute approximate surface area is 220 Å². The number of nitrogens with one attached hydrogen (secondary N) is 1. The molecule has 2 unspecified atom stereocenters. The number of pyridine rings is 1. The fourth-order valence-electron chi connectivity index (χ4n) is 4.21. The number of carboxylic acid groups (broad SMARTS) is 2. The maximum absolute atomic E-state index is 13.7. The zero-order chi connectivity index (χ0) is 28.6. The molecule has 0 amide bonds. The number of aryl methyl sites for hydroxylation is 2. The SMILES string of the molecule is O=C(O)C(F)(F)F.O=C(O)CC(CC1OC=NN1CCCc1ccc2c(n1)NCCC2)c1cc(F)cc(F)c1. The highest BCUT2D eigenvalue weighted by Gasteiger charge is 2.38. The minimum atomic E-state index is -5.08. The van der Waals surface area contributed by atoms with Crippen LogP contribution in [0.3, 0.4) is 0 Å². The van der Waals surface area contributed by atoms with Gasteiger partial charge in [-0.3, -0.25) is 9.80 Å². The van der Waals surface area contributed by atoms with Gasteiger partial charge in [0.1, 0.15) is 17.5 Å².